The second-order valence-corrected chi connectivity index (χ2v) is 14.0. The Labute approximate surface area is 252 Å². The van der Waals surface area contributed by atoms with Crippen molar-refractivity contribution >= 4 is 32.8 Å². The Kier molecular flexibility index (Phi) is 8.42. The molecule has 2 aromatic heterocycles. The van der Waals surface area contributed by atoms with Crippen LogP contribution in [0.25, 0.3) is 16.7 Å². The van der Waals surface area contributed by atoms with Gasteiger partial charge in [-0.05, 0) is 75.9 Å². The summed E-state index contributed by atoms with van der Waals surface area (Å²) in [4.78, 5) is 22.9. The van der Waals surface area contributed by atoms with E-state index >= 15 is 0 Å². The summed E-state index contributed by atoms with van der Waals surface area (Å²) in [7, 11) is 0.895. The summed E-state index contributed by atoms with van der Waals surface area (Å²) >= 11 is 0. The van der Waals surface area contributed by atoms with Crippen LogP contribution in [-0.2, 0) is 14.9 Å². The van der Waals surface area contributed by atoms with E-state index in [0.29, 0.717) is 23.4 Å². The standard InChI is InChI=1S/C30H40FN7O4S/c1-35(2)43(40,41)34-30(39)25-19-26(37-15-11-22(12-16-37)36(3)23-13-17-42-18-14-23)27-28(20-5-4-6-20)33-38(29(27)32-25)24-9-7-21(31)8-10-24/h7-10,19-20,22-23H,4-6,11-18H2,1-3H3,(H,34,39). The summed E-state index contributed by atoms with van der Waals surface area (Å²) in [5.74, 6) is -0.922. The number of halogens is 1. The lowest BCUT2D eigenvalue weighted by molar-refractivity contribution is 0.0244. The van der Waals surface area contributed by atoms with Gasteiger partial charge < -0.3 is 14.5 Å². The van der Waals surface area contributed by atoms with Crippen molar-refractivity contribution in [3.05, 3.63) is 47.5 Å². The highest BCUT2D eigenvalue weighted by atomic mass is 32.2. The molecule has 1 aromatic carbocycles. The number of piperidine rings is 1. The van der Waals surface area contributed by atoms with E-state index in [9.17, 15) is 17.6 Å². The van der Waals surface area contributed by atoms with Crippen molar-refractivity contribution in [2.45, 2.75) is 62.9 Å². The molecule has 3 aromatic rings. The molecule has 1 N–H and O–H groups in total. The van der Waals surface area contributed by atoms with Crippen LogP contribution in [0.2, 0.25) is 0 Å². The Morgan fingerprint density at radius 3 is 2.26 bits per heavy atom. The monoisotopic (exact) mass is 613 g/mol. The number of nitrogens with one attached hydrogen (secondary N) is 1. The van der Waals surface area contributed by atoms with Crippen LogP contribution in [0.1, 0.15) is 67.0 Å². The minimum atomic E-state index is -4.03. The SMILES string of the molecule is CN(C1CCOCC1)C1CCN(c2cc(C(=O)NS(=O)(=O)N(C)C)nc3c2c(C2CCC2)nn3-c2ccc(F)cc2)CC1. The Bertz CT molecular complexity index is 1580. The molecule has 4 heterocycles. The zero-order valence-electron chi connectivity index (χ0n) is 25.0. The zero-order chi connectivity index (χ0) is 30.3. The van der Waals surface area contributed by atoms with Crippen LogP contribution in [-0.4, -0.2) is 97.8 Å². The van der Waals surface area contributed by atoms with E-state index in [2.05, 4.69) is 21.6 Å². The summed E-state index contributed by atoms with van der Waals surface area (Å²) in [6.45, 7) is 3.17. The van der Waals surface area contributed by atoms with E-state index in [1.807, 2.05) is 0 Å². The van der Waals surface area contributed by atoms with Gasteiger partial charge in [-0.2, -0.15) is 17.8 Å². The summed E-state index contributed by atoms with van der Waals surface area (Å²) in [6, 6.07) is 8.68. The first-order valence-electron chi connectivity index (χ1n) is 15.1. The van der Waals surface area contributed by atoms with Crippen molar-refractivity contribution in [2.24, 2.45) is 0 Å². The molecule has 3 aliphatic rings. The fourth-order valence-corrected chi connectivity index (χ4v) is 6.90. The molecule has 1 aliphatic carbocycles. The first-order chi connectivity index (χ1) is 20.6. The highest BCUT2D eigenvalue weighted by molar-refractivity contribution is 7.87. The van der Waals surface area contributed by atoms with E-state index in [4.69, 9.17) is 14.8 Å². The molecule has 232 valence electrons. The number of benzene rings is 1. The minimum Gasteiger partial charge on any atom is -0.381 e. The number of nitrogens with zero attached hydrogens (tertiary/aromatic N) is 6. The van der Waals surface area contributed by atoms with Crippen LogP contribution in [0, 0.1) is 5.82 Å². The van der Waals surface area contributed by atoms with Gasteiger partial charge >= 0.3 is 10.2 Å². The summed E-state index contributed by atoms with van der Waals surface area (Å²) in [6.07, 6.45) is 7.14. The predicted molar refractivity (Wildman–Crippen MR) is 162 cm³/mol. The van der Waals surface area contributed by atoms with Crippen molar-refractivity contribution in [1.82, 2.24) is 28.7 Å². The number of hydrogen-bond acceptors (Lipinski definition) is 8. The molecule has 0 unspecified atom stereocenters. The maximum absolute atomic E-state index is 13.8. The number of ether oxygens (including phenoxy) is 1. The second-order valence-electron chi connectivity index (χ2n) is 12.1. The minimum absolute atomic E-state index is 0.0159. The van der Waals surface area contributed by atoms with Gasteiger partial charge in [0, 0.05) is 58.4 Å². The van der Waals surface area contributed by atoms with E-state index in [0.717, 1.165) is 92.3 Å². The van der Waals surface area contributed by atoms with Crippen molar-refractivity contribution in [1.29, 1.82) is 0 Å². The van der Waals surface area contributed by atoms with Gasteiger partial charge in [-0.1, -0.05) is 6.42 Å². The molecule has 6 rings (SSSR count). The molecular formula is C30H40FN7O4S. The molecule has 2 saturated heterocycles. The first kappa shape index (κ1) is 29.9. The van der Waals surface area contributed by atoms with Gasteiger partial charge in [0.15, 0.2) is 5.65 Å². The number of amides is 1. The van der Waals surface area contributed by atoms with Gasteiger partial charge in [-0.15, -0.1) is 0 Å². The van der Waals surface area contributed by atoms with Gasteiger partial charge in [-0.25, -0.2) is 18.8 Å². The number of fused-ring (bicyclic) bond motifs is 1. The highest BCUT2D eigenvalue weighted by Gasteiger charge is 2.33. The average Bonchev–Trinajstić information content (AvgIpc) is 3.35. The van der Waals surface area contributed by atoms with E-state index in [1.54, 1.807) is 22.9 Å². The molecule has 2 aliphatic heterocycles. The first-order valence-corrected chi connectivity index (χ1v) is 16.5. The zero-order valence-corrected chi connectivity index (χ0v) is 25.8. The van der Waals surface area contributed by atoms with Gasteiger partial charge in [0.05, 0.1) is 22.5 Å². The van der Waals surface area contributed by atoms with Crippen molar-refractivity contribution < 1.29 is 22.3 Å². The Hall–Kier alpha value is -3.13. The van der Waals surface area contributed by atoms with E-state index in [-0.39, 0.29) is 17.4 Å². The molecule has 13 heteroatoms. The molecule has 1 amide bonds. The van der Waals surface area contributed by atoms with Crippen LogP contribution in [0.4, 0.5) is 10.1 Å². The number of carbonyl (C=O) groups is 1. The average molecular weight is 614 g/mol. The number of carbonyl (C=O) groups excluding carboxylic acids is 1. The van der Waals surface area contributed by atoms with Crippen molar-refractivity contribution in [2.75, 3.05) is 52.3 Å². The lowest BCUT2D eigenvalue weighted by atomic mass is 9.82. The van der Waals surface area contributed by atoms with Gasteiger partial charge in [-0.3, -0.25) is 4.79 Å². The van der Waals surface area contributed by atoms with Gasteiger partial charge in [0.2, 0.25) is 0 Å². The third-order valence-electron chi connectivity index (χ3n) is 9.29. The molecule has 0 radical (unpaired) electrons. The third kappa shape index (κ3) is 6.00. The predicted octanol–water partition coefficient (Wildman–Crippen LogP) is 3.44. The van der Waals surface area contributed by atoms with Gasteiger partial charge in [0.25, 0.3) is 5.91 Å². The number of hydrogen-bond donors (Lipinski definition) is 1. The number of rotatable bonds is 8. The quantitative estimate of drug-likeness (QED) is 0.411. The van der Waals surface area contributed by atoms with Crippen LogP contribution in [0.3, 0.4) is 0 Å². The molecule has 1 saturated carbocycles. The molecule has 0 spiro atoms. The fraction of sp³-hybridized carbons (Fsp3) is 0.567. The van der Waals surface area contributed by atoms with E-state index < -0.39 is 16.1 Å². The maximum Gasteiger partial charge on any atom is 0.303 e. The fourth-order valence-electron chi connectivity index (χ4n) is 6.38. The van der Waals surface area contributed by atoms with Gasteiger partial charge in [0.1, 0.15) is 11.5 Å². The van der Waals surface area contributed by atoms with Crippen LogP contribution in [0.15, 0.2) is 30.3 Å². The van der Waals surface area contributed by atoms with E-state index in [1.165, 1.54) is 26.2 Å². The third-order valence-corrected chi connectivity index (χ3v) is 10.7. The largest absolute Gasteiger partial charge is 0.381 e. The smallest absolute Gasteiger partial charge is 0.303 e. The number of pyridine rings is 1. The van der Waals surface area contributed by atoms with Crippen LogP contribution in [0.5, 0.6) is 0 Å². The molecule has 43 heavy (non-hydrogen) atoms. The van der Waals surface area contributed by atoms with Crippen molar-refractivity contribution in [3.63, 3.8) is 0 Å². The Morgan fingerprint density at radius 1 is 1.00 bits per heavy atom. The Balaban J connectivity index is 1.41. The molecule has 0 atom stereocenters. The lowest BCUT2D eigenvalue weighted by Crippen LogP contribution is -2.48. The second kappa shape index (κ2) is 12.1. The summed E-state index contributed by atoms with van der Waals surface area (Å²) in [5.41, 5.74) is 2.81. The summed E-state index contributed by atoms with van der Waals surface area (Å²) < 4.78 is 49.2. The normalized spacial score (nSPS) is 19.3. The molecule has 11 nitrogen and oxygen atoms in total. The van der Waals surface area contributed by atoms with Crippen LogP contribution < -0.4 is 9.62 Å². The topological polar surface area (TPSA) is 113 Å². The molecule has 0 bridgehead atoms. The highest BCUT2D eigenvalue weighted by Crippen LogP contribution is 2.43. The molecule has 3 fully saturated rings. The Morgan fingerprint density at radius 2 is 1.65 bits per heavy atom. The summed E-state index contributed by atoms with van der Waals surface area (Å²) in [5, 5.41) is 5.87. The molecular weight excluding hydrogens is 573 g/mol. The lowest BCUT2D eigenvalue weighted by Gasteiger charge is -2.42. The number of aromatic nitrogens is 3. The number of anilines is 1. The van der Waals surface area contributed by atoms with Crippen molar-refractivity contribution in [3.8, 4) is 5.69 Å². The maximum atomic E-state index is 13.8. The van der Waals surface area contributed by atoms with Crippen LogP contribution >= 0.6 is 0 Å².